The second kappa shape index (κ2) is 6.26. The van der Waals surface area contributed by atoms with E-state index in [1.807, 2.05) is 0 Å². The summed E-state index contributed by atoms with van der Waals surface area (Å²) in [6, 6.07) is 4.21. The minimum Gasteiger partial charge on any atom is -0.258 e. The number of pyridine rings is 1. The Morgan fingerprint density at radius 3 is 2.95 bits per heavy atom. The Balaban J connectivity index is 2.58. The molecule has 0 N–H and O–H groups in total. The van der Waals surface area contributed by atoms with E-state index in [9.17, 15) is 14.5 Å². The van der Waals surface area contributed by atoms with Crippen molar-refractivity contribution in [3.8, 4) is 0 Å². The number of hydrogen-bond acceptors (Lipinski definition) is 3. The second-order valence-electron chi connectivity index (χ2n) is 4.60. The molecule has 106 valence electrons. The Morgan fingerprint density at radius 1 is 1.55 bits per heavy atom. The third-order valence-corrected chi connectivity index (χ3v) is 3.93. The highest BCUT2D eigenvalue weighted by atomic mass is 79.9. The van der Waals surface area contributed by atoms with E-state index >= 15 is 0 Å². The van der Waals surface area contributed by atoms with E-state index in [1.165, 1.54) is 6.20 Å². The molecule has 1 aromatic carbocycles. The minimum atomic E-state index is -0.575. The first-order chi connectivity index (χ1) is 9.54. The number of alkyl halides is 1. The Bertz CT molecular complexity index is 648. The van der Waals surface area contributed by atoms with Gasteiger partial charge in [-0.05, 0) is 25.0 Å². The van der Waals surface area contributed by atoms with E-state index in [-0.39, 0.29) is 10.5 Å². The standard InChI is InChI=1S/C14H14BrFN2O2/c1-2-4-9(15)7-11-12(16)8-13(18(19)20)10-5-3-6-17-14(10)11/h3,5-6,8-9H,2,4,7H2,1H3. The zero-order chi connectivity index (χ0) is 14.7. The van der Waals surface area contributed by atoms with Crippen molar-refractivity contribution in [3.05, 3.63) is 45.9 Å². The first-order valence-corrected chi connectivity index (χ1v) is 7.30. The molecule has 0 fully saturated rings. The third-order valence-electron chi connectivity index (χ3n) is 3.15. The molecule has 0 bridgehead atoms. The lowest BCUT2D eigenvalue weighted by molar-refractivity contribution is -0.383. The molecule has 1 unspecified atom stereocenters. The van der Waals surface area contributed by atoms with E-state index in [4.69, 9.17) is 0 Å². The summed E-state index contributed by atoms with van der Waals surface area (Å²) >= 11 is 3.51. The zero-order valence-electron chi connectivity index (χ0n) is 11.0. The Hall–Kier alpha value is -1.56. The molecular weight excluding hydrogens is 327 g/mol. The number of rotatable bonds is 5. The van der Waals surface area contributed by atoms with Gasteiger partial charge in [-0.25, -0.2) is 4.39 Å². The maximum absolute atomic E-state index is 14.2. The SMILES string of the molecule is CCCC(Br)Cc1c(F)cc([N+](=O)[O-])c2cccnc12. The fraction of sp³-hybridized carbons (Fsp3) is 0.357. The van der Waals surface area contributed by atoms with Gasteiger partial charge in [-0.2, -0.15) is 0 Å². The van der Waals surface area contributed by atoms with Crippen LogP contribution in [-0.4, -0.2) is 14.7 Å². The molecule has 0 radical (unpaired) electrons. The van der Waals surface area contributed by atoms with E-state index < -0.39 is 10.7 Å². The van der Waals surface area contributed by atoms with Gasteiger partial charge in [0.25, 0.3) is 5.69 Å². The summed E-state index contributed by atoms with van der Waals surface area (Å²) in [5, 5.41) is 11.4. The lowest BCUT2D eigenvalue weighted by Gasteiger charge is -2.11. The van der Waals surface area contributed by atoms with Gasteiger partial charge in [0.15, 0.2) is 0 Å². The largest absolute Gasteiger partial charge is 0.281 e. The number of nitro benzene ring substituents is 1. The van der Waals surface area contributed by atoms with Crippen LogP contribution < -0.4 is 0 Å². The van der Waals surface area contributed by atoms with Crippen molar-refractivity contribution in [2.24, 2.45) is 0 Å². The number of benzene rings is 1. The van der Waals surface area contributed by atoms with Gasteiger partial charge in [-0.3, -0.25) is 15.1 Å². The van der Waals surface area contributed by atoms with Crippen LogP contribution in [-0.2, 0) is 6.42 Å². The molecule has 1 atom stereocenters. The van der Waals surface area contributed by atoms with E-state index in [2.05, 4.69) is 27.8 Å². The zero-order valence-corrected chi connectivity index (χ0v) is 12.6. The monoisotopic (exact) mass is 340 g/mol. The first-order valence-electron chi connectivity index (χ1n) is 6.39. The van der Waals surface area contributed by atoms with Gasteiger partial charge in [0, 0.05) is 16.6 Å². The van der Waals surface area contributed by atoms with E-state index in [0.29, 0.717) is 22.9 Å². The molecule has 0 aliphatic carbocycles. The molecule has 2 aromatic rings. The van der Waals surface area contributed by atoms with Crippen molar-refractivity contribution < 1.29 is 9.31 Å². The predicted octanol–water partition coefficient (Wildman–Crippen LogP) is 4.39. The smallest absolute Gasteiger partial charge is 0.258 e. The second-order valence-corrected chi connectivity index (χ2v) is 5.90. The summed E-state index contributed by atoms with van der Waals surface area (Å²) in [7, 11) is 0. The molecule has 0 aliphatic rings. The minimum absolute atomic E-state index is 0.133. The van der Waals surface area contributed by atoms with Crippen LogP contribution in [0.25, 0.3) is 10.9 Å². The molecule has 0 amide bonds. The highest BCUT2D eigenvalue weighted by molar-refractivity contribution is 9.09. The van der Waals surface area contributed by atoms with Crippen molar-refractivity contribution in [1.29, 1.82) is 0 Å². The van der Waals surface area contributed by atoms with Gasteiger partial charge in [0.2, 0.25) is 0 Å². The van der Waals surface area contributed by atoms with E-state index in [0.717, 1.165) is 18.9 Å². The fourth-order valence-corrected chi connectivity index (χ4v) is 3.01. The van der Waals surface area contributed by atoms with Crippen LogP contribution in [0.3, 0.4) is 0 Å². The van der Waals surface area contributed by atoms with E-state index in [1.54, 1.807) is 12.1 Å². The van der Waals surface area contributed by atoms with Crippen molar-refractivity contribution in [2.45, 2.75) is 31.0 Å². The molecule has 0 saturated carbocycles. The number of non-ortho nitro benzene ring substituents is 1. The summed E-state index contributed by atoms with van der Waals surface area (Å²) < 4.78 is 14.2. The quantitative estimate of drug-likeness (QED) is 0.460. The molecule has 0 aliphatic heterocycles. The summed E-state index contributed by atoms with van der Waals surface area (Å²) in [5.41, 5.74) is 0.567. The van der Waals surface area contributed by atoms with Crippen LogP contribution in [0.4, 0.5) is 10.1 Å². The maximum atomic E-state index is 14.2. The number of halogens is 2. The first kappa shape index (κ1) is 14.8. The maximum Gasteiger partial charge on any atom is 0.281 e. The van der Waals surface area contributed by atoms with Crippen LogP contribution in [0, 0.1) is 15.9 Å². The molecule has 20 heavy (non-hydrogen) atoms. The highest BCUT2D eigenvalue weighted by Gasteiger charge is 2.21. The Kier molecular flexibility index (Phi) is 4.65. The van der Waals surface area contributed by atoms with Gasteiger partial charge < -0.3 is 0 Å². The molecule has 0 saturated heterocycles. The van der Waals surface area contributed by atoms with Gasteiger partial charge in [-0.1, -0.05) is 29.3 Å². The van der Waals surface area contributed by atoms with Gasteiger partial charge in [0.05, 0.1) is 21.9 Å². The summed E-state index contributed by atoms with van der Waals surface area (Å²) in [5.74, 6) is -0.566. The van der Waals surface area contributed by atoms with Crippen LogP contribution in [0.5, 0.6) is 0 Å². The highest BCUT2D eigenvalue weighted by Crippen LogP contribution is 2.31. The molecule has 6 heteroatoms. The van der Waals surface area contributed by atoms with Crippen LogP contribution in [0.2, 0.25) is 0 Å². The van der Waals surface area contributed by atoms with Gasteiger partial charge >= 0.3 is 0 Å². The molecule has 0 spiro atoms. The van der Waals surface area contributed by atoms with Crippen molar-refractivity contribution in [3.63, 3.8) is 0 Å². The van der Waals surface area contributed by atoms with Gasteiger partial charge in [0.1, 0.15) is 5.82 Å². The van der Waals surface area contributed by atoms with Crippen LogP contribution >= 0.6 is 15.9 Å². The van der Waals surface area contributed by atoms with Crippen molar-refractivity contribution in [2.75, 3.05) is 0 Å². The molecular formula is C14H14BrFN2O2. The Labute approximate surface area is 124 Å². The topological polar surface area (TPSA) is 56.0 Å². The summed E-state index contributed by atoms with van der Waals surface area (Å²) in [6.07, 6.45) is 3.88. The average Bonchev–Trinajstić information content (AvgIpc) is 2.41. The number of aromatic nitrogens is 1. The molecule has 1 heterocycles. The lowest BCUT2D eigenvalue weighted by Crippen LogP contribution is -2.06. The van der Waals surface area contributed by atoms with Crippen LogP contribution in [0.1, 0.15) is 25.3 Å². The van der Waals surface area contributed by atoms with Crippen LogP contribution in [0.15, 0.2) is 24.4 Å². The Morgan fingerprint density at radius 2 is 2.30 bits per heavy atom. The molecule has 1 aromatic heterocycles. The van der Waals surface area contributed by atoms with Crippen molar-refractivity contribution >= 4 is 32.5 Å². The molecule has 4 nitrogen and oxygen atoms in total. The molecule has 2 rings (SSSR count). The summed E-state index contributed by atoms with van der Waals surface area (Å²) in [4.78, 5) is 14.7. The predicted molar refractivity (Wildman–Crippen MR) is 79.7 cm³/mol. The lowest BCUT2D eigenvalue weighted by atomic mass is 10.0. The number of hydrogen-bond donors (Lipinski definition) is 0. The van der Waals surface area contributed by atoms with Crippen molar-refractivity contribution in [1.82, 2.24) is 4.98 Å². The number of fused-ring (bicyclic) bond motifs is 1. The number of nitro groups is 1. The average molecular weight is 341 g/mol. The normalized spacial score (nSPS) is 12.6. The third kappa shape index (κ3) is 2.95. The fourth-order valence-electron chi connectivity index (χ4n) is 2.23. The van der Waals surface area contributed by atoms with Gasteiger partial charge in [-0.15, -0.1) is 0 Å². The number of nitrogens with zero attached hydrogens (tertiary/aromatic N) is 2. The summed E-state index contributed by atoms with van der Waals surface area (Å²) in [6.45, 7) is 2.05.